The highest BCUT2D eigenvalue weighted by atomic mass is 16.1. The third-order valence-corrected chi connectivity index (χ3v) is 2.87. The van der Waals surface area contributed by atoms with Gasteiger partial charge in [0.25, 0.3) is 0 Å². The Morgan fingerprint density at radius 2 is 2.00 bits per heavy atom. The van der Waals surface area contributed by atoms with Crippen molar-refractivity contribution in [3.8, 4) is 0 Å². The molecule has 1 aromatic heterocycles. The van der Waals surface area contributed by atoms with Crippen molar-refractivity contribution in [2.24, 2.45) is 5.92 Å². The zero-order valence-electron chi connectivity index (χ0n) is 9.60. The largest absolute Gasteiger partial charge is 0.300 e. The molecule has 2 nitrogen and oxygen atoms in total. The number of rotatable bonds is 3. The Kier molecular flexibility index (Phi) is 3.00. The Labute approximate surface area is 95.3 Å². The van der Waals surface area contributed by atoms with Crippen LogP contribution in [0, 0.1) is 5.92 Å². The van der Waals surface area contributed by atoms with Crippen LogP contribution in [0.5, 0.6) is 0 Å². The summed E-state index contributed by atoms with van der Waals surface area (Å²) in [6, 6.07) is 12.1. The van der Waals surface area contributed by atoms with Gasteiger partial charge in [0.15, 0.2) is 0 Å². The van der Waals surface area contributed by atoms with E-state index in [1.165, 1.54) is 0 Å². The van der Waals surface area contributed by atoms with Crippen LogP contribution in [0.2, 0.25) is 0 Å². The fraction of sp³-hybridized carbons (Fsp3) is 0.286. The molecule has 0 bridgehead atoms. The second-order valence-electron chi connectivity index (χ2n) is 4.21. The summed E-state index contributed by atoms with van der Waals surface area (Å²) < 4.78 is 0. The van der Waals surface area contributed by atoms with Crippen LogP contribution in [0.1, 0.15) is 19.5 Å². The van der Waals surface area contributed by atoms with Crippen molar-refractivity contribution in [3.63, 3.8) is 0 Å². The second kappa shape index (κ2) is 4.44. The molecule has 2 heteroatoms. The number of hydrogen-bond donors (Lipinski definition) is 0. The van der Waals surface area contributed by atoms with E-state index in [0.29, 0.717) is 0 Å². The summed E-state index contributed by atoms with van der Waals surface area (Å²) in [5.74, 6) is 0.267. The summed E-state index contributed by atoms with van der Waals surface area (Å²) in [7, 11) is 0. The summed E-state index contributed by atoms with van der Waals surface area (Å²) in [6.45, 7) is 3.57. The first-order valence-corrected chi connectivity index (χ1v) is 5.52. The molecule has 1 unspecified atom stereocenters. The lowest BCUT2D eigenvalue weighted by atomic mass is 10.0. The van der Waals surface area contributed by atoms with E-state index in [1.807, 2.05) is 37.3 Å². The molecule has 0 N–H and O–H groups in total. The van der Waals surface area contributed by atoms with Crippen molar-refractivity contribution in [1.82, 2.24) is 4.98 Å². The highest BCUT2D eigenvalue weighted by molar-refractivity contribution is 5.79. The van der Waals surface area contributed by atoms with Gasteiger partial charge in [-0.1, -0.05) is 31.2 Å². The first-order valence-electron chi connectivity index (χ1n) is 5.52. The number of fused-ring (bicyclic) bond motifs is 1. The van der Waals surface area contributed by atoms with Crippen LogP contribution in [-0.4, -0.2) is 10.8 Å². The Morgan fingerprint density at radius 1 is 1.25 bits per heavy atom. The smallest absolute Gasteiger partial charge is 0.133 e. The quantitative estimate of drug-likeness (QED) is 0.784. The lowest BCUT2D eigenvalue weighted by Crippen LogP contribution is -2.10. The third-order valence-electron chi connectivity index (χ3n) is 2.87. The first kappa shape index (κ1) is 10.8. The van der Waals surface area contributed by atoms with Gasteiger partial charge in [-0.3, -0.25) is 9.78 Å². The Morgan fingerprint density at radius 3 is 2.75 bits per heavy atom. The zero-order chi connectivity index (χ0) is 11.5. The number of para-hydroxylation sites is 1. The monoisotopic (exact) mass is 213 g/mol. The number of nitrogens with zero attached hydrogens (tertiary/aromatic N) is 1. The maximum absolute atomic E-state index is 11.2. The molecule has 16 heavy (non-hydrogen) atoms. The number of ketones is 1. The molecule has 0 spiro atoms. The summed E-state index contributed by atoms with van der Waals surface area (Å²) >= 11 is 0. The van der Waals surface area contributed by atoms with Crippen molar-refractivity contribution >= 4 is 16.7 Å². The number of pyridine rings is 1. The molecule has 0 aliphatic carbocycles. The second-order valence-corrected chi connectivity index (χ2v) is 4.21. The van der Waals surface area contributed by atoms with Crippen molar-refractivity contribution in [3.05, 3.63) is 42.1 Å². The molecule has 0 aliphatic rings. The molecular weight excluding hydrogens is 198 g/mol. The van der Waals surface area contributed by atoms with Crippen LogP contribution in [0.25, 0.3) is 10.9 Å². The van der Waals surface area contributed by atoms with Crippen molar-refractivity contribution in [1.29, 1.82) is 0 Å². The van der Waals surface area contributed by atoms with Gasteiger partial charge in [-0.25, -0.2) is 0 Å². The van der Waals surface area contributed by atoms with E-state index in [0.717, 1.165) is 23.0 Å². The molecular formula is C14H15NO. The van der Waals surface area contributed by atoms with Crippen molar-refractivity contribution in [2.75, 3.05) is 0 Å². The summed E-state index contributed by atoms with van der Waals surface area (Å²) in [4.78, 5) is 15.7. The molecule has 0 radical (unpaired) electrons. The van der Waals surface area contributed by atoms with Gasteiger partial charge < -0.3 is 0 Å². The Hall–Kier alpha value is -1.70. The zero-order valence-corrected chi connectivity index (χ0v) is 9.60. The van der Waals surface area contributed by atoms with Crippen LogP contribution in [0.4, 0.5) is 0 Å². The van der Waals surface area contributed by atoms with Crippen LogP contribution in [0.15, 0.2) is 36.4 Å². The minimum absolute atomic E-state index is 0.0497. The molecule has 2 rings (SSSR count). The van der Waals surface area contributed by atoms with E-state index in [4.69, 9.17) is 0 Å². The van der Waals surface area contributed by atoms with Crippen molar-refractivity contribution in [2.45, 2.75) is 20.3 Å². The number of aromatic nitrogens is 1. The van der Waals surface area contributed by atoms with E-state index in [9.17, 15) is 4.79 Å². The van der Waals surface area contributed by atoms with E-state index in [-0.39, 0.29) is 11.7 Å². The summed E-state index contributed by atoms with van der Waals surface area (Å²) in [5, 5.41) is 1.14. The summed E-state index contributed by atoms with van der Waals surface area (Å²) in [5.41, 5.74) is 1.98. The number of benzene rings is 1. The normalized spacial score (nSPS) is 12.6. The van der Waals surface area contributed by atoms with Gasteiger partial charge in [0.1, 0.15) is 5.78 Å². The lowest BCUT2D eigenvalue weighted by Gasteiger charge is -2.07. The number of carbonyl (C=O) groups is 1. The molecule has 2 aromatic rings. The average molecular weight is 213 g/mol. The molecule has 1 aromatic carbocycles. The Bertz CT molecular complexity index is 519. The van der Waals surface area contributed by atoms with E-state index < -0.39 is 0 Å². The summed E-state index contributed by atoms with van der Waals surface area (Å²) in [6.07, 6.45) is 0.722. The van der Waals surface area contributed by atoms with Crippen LogP contribution >= 0.6 is 0 Å². The lowest BCUT2D eigenvalue weighted by molar-refractivity contribution is -0.120. The molecule has 0 fully saturated rings. The molecule has 82 valence electrons. The van der Waals surface area contributed by atoms with Gasteiger partial charge in [0.05, 0.1) is 5.52 Å². The number of carbonyl (C=O) groups excluding carboxylic acids is 1. The van der Waals surface area contributed by atoms with Gasteiger partial charge in [-0.05, 0) is 25.5 Å². The number of Topliss-reactive ketones (excluding diaryl/α,β-unsaturated/α-hetero) is 1. The van der Waals surface area contributed by atoms with E-state index in [2.05, 4.69) is 11.1 Å². The van der Waals surface area contributed by atoms with Gasteiger partial charge in [-0.2, -0.15) is 0 Å². The Balaban J connectivity index is 2.29. The third kappa shape index (κ3) is 2.27. The molecule has 1 atom stereocenters. The van der Waals surface area contributed by atoms with Crippen LogP contribution in [0.3, 0.4) is 0 Å². The first-order chi connectivity index (χ1) is 7.66. The van der Waals surface area contributed by atoms with Crippen molar-refractivity contribution < 1.29 is 4.79 Å². The maximum atomic E-state index is 11.2. The average Bonchev–Trinajstić information content (AvgIpc) is 2.28. The predicted octanol–water partition coefficient (Wildman–Crippen LogP) is 3.00. The molecule has 0 amide bonds. The van der Waals surface area contributed by atoms with E-state index >= 15 is 0 Å². The fourth-order valence-electron chi connectivity index (χ4n) is 1.68. The minimum Gasteiger partial charge on any atom is -0.300 e. The molecule has 0 aliphatic heterocycles. The topological polar surface area (TPSA) is 30.0 Å². The number of hydrogen-bond acceptors (Lipinski definition) is 2. The fourth-order valence-corrected chi connectivity index (χ4v) is 1.68. The SMILES string of the molecule is CC(=O)C(C)Cc1ccc2ccccc2n1. The van der Waals surface area contributed by atoms with Gasteiger partial charge in [0, 0.05) is 17.0 Å². The van der Waals surface area contributed by atoms with Gasteiger partial charge in [-0.15, -0.1) is 0 Å². The van der Waals surface area contributed by atoms with Crippen LogP contribution in [-0.2, 0) is 11.2 Å². The maximum Gasteiger partial charge on any atom is 0.133 e. The minimum atomic E-state index is 0.0497. The molecule has 0 saturated carbocycles. The standard InChI is InChI=1S/C14H15NO/c1-10(11(2)16)9-13-8-7-12-5-3-4-6-14(12)15-13/h3-8,10H,9H2,1-2H3. The van der Waals surface area contributed by atoms with Crippen LogP contribution < -0.4 is 0 Å². The van der Waals surface area contributed by atoms with E-state index in [1.54, 1.807) is 6.92 Å². The highest BCUT2D eigenvalue weighted by Gasteiger charge is 2.09. The molecule has 1 heterocycles. The highest BCUT2D eigenvalue weighted by Crippen LogP contribution is 2.14. The van der Waals surface area contributed by atoms with Gasteiger partial charge in [0.2, 0.25) is 0 Å². The van der Waals surface area contributed by atoms with Gasteiger partial charge >= 0.3 is 0 Å². The predicted molar refractivity (Wildman–Crippen MR) is 65.3 cm³/mol. The molecule has 0 saturated heterocycles.